The van der Waals surface area contributed by atoms with E-state index in [-0.39, 0.29) is 5.91 Å². The summed E-state index contributed by atoms with van der Waals surface area (Å²) < 4.78 is 0. The van der Waals surface area contributed by atoms with Crippen LogP contribution in [0.25, 0.3) is 10.9 Å². The van der Waals surface area contributed by atoms with Gasteiger partial charge in [0.1, 0.15) is 0 Å². The molecule has 0 unspecified atom stereocenters. The Morgan fingerprint density at radius 3 is 2.78 bits per heavy atom. The largest absolute Gasteiger partial charge is 0.352 e. The van der Waals surface area contributed by atoms with Crippen LogP contribution in [0.15, 0.2) is 18.2 Å². The van der Waals surface area contributed by atoms with Crippen LogP contribution in [0.3, 0.4) is 0 Å². The molecule has 0 aliphatic carbocycles. The Bertz CT molecular complexity index is 749. The maximum Gasteiger partial charge on any atom is 0.252 e. The molecule has 1 N–H and O–H groups in total. The summed E-state index contributed by atoms with van der Waals surface area (Å²) in [6.07, 6.45) is 1.16. The zero-order valence-corrected chi connectivity index (χ0v) is 14.4. The third kappa shape index (κ3) is 3.37. The van der Waals surface area contributed by atoms with Crippen LogP contribution in [0.2, 0.25) is 0 Å². The summed E-state index contributed by atoms with van der Waals surface area (Å²) in [6.45, 7) is 8.99. The molecule has 1 fully saturated rings. The van der Waals surface area contributed by atoms with E-state index in [0.29, 0.717) is 5.92 Å². The molecule has 1 aromatic carbocycles. The molecule has 4 heteroatoms. The summed E-state index contributed by atoms with van der Waals surface area (Å²) in [6, 6.07) is 6.07. The smallest absolute Gasteiger partial charge is 0.252 e. The van der Waals surface area contributed by atoms with Gasteiger partial charge in [-0.15, -0.1) is 0 Å². The third-order valence-corrected chi connectivity index (χ3v) is 4.66. The fraction of sp³-hybridized carbons (Fsp3) is 0.474. The Morgan fingerprint density at radius 2 is 2.09 bits per heavy atom. The van der Waals surface area contributed by atoms with E-state index < -0.39 is 0 Å². The zero-order chi connectivity index (χ0) is 16.6. The van der Waals surface area contributed by atoms with Crippen molar-refractivity contribution in [3.63, 3.8) is 0 Å². The first-order valence-corrected chi connectivity index (χ1v) is 8.29. The first kappa shape index (κ1) is 15.9. The summed E-state index contributed by atoms with van der Waals surface area (Å²) in [7, 11) is 2.13. The van der Waals surface area contributed by atoms with Gasteiger partial charge in [0, 0.05) is 24.2 Å². The first-order valence-electron chi connectivity index (χ1n) is 8.29. The van der Waals surface area contributed by atoms with Gasteiger partial charge in [-0.25, -0.2) is 0 Å². The number of nitrogens with one attached hydrogen (secondary N) is 1. The summed E-state index contributed by atoms with van der Waals surface area (Å²) in [5.74, 6) is 0.573. The number of fused-ring (bicyclic) bond motifs is 1. The number of rotatable bonds is 3. The van der Waals surface area contributed by atoms with Crippen LogP contribution in [0.4, 0.5) is 0 Å². The Kier molecular flexibility index (Phi) is 4.35. The number of amides is 1. The standard InChI is InChI=1S/C19H25N3O/c1-12-7-13(2)18-16(9-14(3)21-17(18)8-12)19(23)20-10-15-5-6-22(4)11-15/h7-9,15H,5-6,10-11H2,1-4H3,(H,20,23)/t15-/m0/s1. The Balaban J connectivity index is 1.87. The van der Waals surface area contributed by atoms with Gasteiger partial charge in [0.05, 0.1) is 11.1 Å². The Hall–Kier alpha value is -1.94. The molecule has 122 valence electrons. The van der Waals surface area contributed by atoms with Crippen molar-refractivity contribution in [1.29, 1.82) is 0 Å². The highest BCUT2D eigenvalue weighted by molar-refractivity contribution is 6.07. The zero-order valence-electron chi connectivity index (χ0n) is 14.4. The minimum Gasteiger partial charge on any atom is -0.352 e. The Morgan fingerprint density at radius 1 is 1.30 bits per heavy atom. The second kappa shape index (κ2) is 6.28. The van der Waals surface area contributed by atoms with Crippen molar-refractivity contribution in [3.8, 4) is 0 Å². The van der Waals surface area contributed by atoms with Crippen LogP contribution in [-0.4, -0.2) is 42.5 Å². The normalized spacial score (nSPS) is 18.5. The number of pyridine rings is 1. The van der Waals surface area contributed by atoms with E-state index in [2.05, 4.69) is 48.2 Å². The predicted molar refractivity (Wildman–Crippen MR) is 93.9 cm³/mol. The number of hydrogen-bond acceptors (Lipinski definition) is 3. The van der Waals surface area contributed by atoms with E-state index >= 15 is 0 Å². The second-order valence-corrected chi connectivity index (χ2v) is 6.91. The number of carbonyl (C=O) groups excluding carboxylic acids is 1. The molecule has 23 heavy (non-hydrogen) atoms. The minimum atomic E-state index is 0.0157. The van der Waals surface area contributed by atoms with Gasteiger partial charge < -0.3 is 10.2 Å². The predicted octanol–water partition coefficient (Wildman–Crippen LogP) is 2.84. The van der Waals surface area contributed by atoms with Crippen LogP contribution in [0.1, 0.15) is 33.6 Å². The number of aryl methyl sites for hydroxylation is 3. The van der Waals surface area contributed by atoms with Gasteiger partial charge in [0.25, 0.3) is 5.91 Å². The molecule has 1 aromatic heterocycles. The van der Waals surface area contributed by atoms with Gasteiger partial charge >= 0.3 is 0 Å². The van der Waals surface area contributed by atoms with Crippen molar-refractivity contribution in [2.24, 2.45) is 5.92 Å². The lowest BCUT2D eigenvalue weighted by Crippen LogP contribution is -2.30. The first-order chi connectivity index (χ1) is 10.9. The third-order valence-electron chi connectivity index (χ3n) is 4.66. The summed E-state index contributed by atoms with van der Waals surface area (Å²) in [5, 5.41) is 4.10. The van der Waals surface area contributed by atoms with Crippen molar-refractivity contribution in [2.45, 2.75) is 27.2 Å². The number of hydrogen-bond donors (Lipinski definition) is 1. The van der Waals surface area contributed by atoms with E-state index in [1.807, 2.05) is 13.0 Å². The molecule has 0 radical (unpaired) electrons. The van der Waals surface area contributed by atoms with E-state index in [9.17, 15) is 4.79 Å². The number of benzene rings is 1. The average Bonchev–Trinajstić information content (AvgIpc) is 2.88. The minimum absolute atomic E-state index is 0.0157. The van der Waals surface area contributed by atoms with E-state index in [1.165, 1.54) is 5.56 Å². The van der Waals surface area contributed by atoms with Crippen LogP contribution in [-0.2, 0) is 0 Å². The van der Waals surface area contributed by atoms with Crippen LogP contribution in [0.5, 0.6) is 0 Å². The molecular weight excluding hydrogens is 286 g/mol. The molecular formula is C19H25N3O. The van der Waals surface area contributed by atoms with Gasteiger partial charge in [-0.05, 0) is 70.0 Å². The number of likely N-dealkylation sites (tertiary alicyclic amines) is 1. The lowest BCUT2D eigenvalue weighted by Gasteiger charge is -2.14. The average molecular weight is 311 g/mol. The fourth-order valence-electron chi connectivity index (χ4n) is 3.59. The van der Waals surface area contributed by atoms with Crippen molar-refractivity contribution in [3.05, 3.63) is 40.6 Å². The van der Waals surface area contributed by atoms with Crippen LogP contribution >= 0.6 is 0 Å². The van der Waals surface area contributed by atoms with Crippen molar-refractivity contribution < 1.29 is 4.79 Å². The van der Waals surface area contributed by atoms with Crippen LogP contribution in [0, 0.1) is 26.7 Å². The van der Waals surface area contributed by atoms with Gasteiger partial charge in [-0.1, -0.05) is 6.07 Å². The number of nitrogens with zero attached hydrogens (tertiary/aromatic N) is 2. The molecule has 0 saturated carbocycles. The monoisotopic (exact) mass is 311 g/mol. The van der Waals surface area contributed by atoms with Gasteiger partial charge in [0.15, 0.2) is 0 Å². The van der Waals surface area contributed by atoms with Gasteiger partial charge in [-0.2, -0.15) is 0 Å². The van der Waals surface area contributed by atoms with Crippen LogP contribution < -0.4 is 5.32 Å². The topological polar surface area (TPSA) is 45.2 Å². The quantitative estimate of drug-likeness (QED) is 0.948. The van der Waals surface area contributed by atoms with Gasteiger partial charge in [-0.3, -0.25) is 9.78 Å². The highest BCUT2D eigenvalue weighted by atomic mass is 16.1. The molecule has 3 rings (SSSR count). The van der Waals surface area contributed by atoms with Crippen molar-refractivity contribution in [1.82, 2.24) is 15.2 Å². The van der Waals surface area contributed by atoms with E-state index in [0.717, 1.165) is 53.8 Å². The lowest BCUT2D eigenvalue weighted by atomic mass is 10.00. The molecule has 0 bridgehead atoms. The molecule has 4 nitrogen and oxygen atoms in total. The second-order valence-electron chi connectivity index (χ2n) is 6.91. The molecule has 1 aliphatic rings. The van der Waals surface area contributed by atoms with Crippen molar-refractivity contribution in [2.75, 3.05) is 26.7 Å². The molecule has 2 heterocycles. The lowest BCUT2D eigenvalue weighted by molar-refractivity contribution is 0.0949. The van der Waals surface area contributed by atoms with E-state index in [1.54, 1.807) is 0 Å². The molecule has 1 amide bonds. The molecule has 1 saturated heterocycles. The molecule has 1 aliphatic heterocycles. The molecule has 0 spiro atoms. The van der Waals surface area contributed by atoms with Gasteiger partial charge in [0.2, 0.25) is 0 Å². The van der Waals surface area contributed by atoms with E-state index in [4.69, 9.17) is 0 Å². The summed E-state index contributed by atoms with van der Waals surface area (Å²) in [5.41, 5.74) is 4.82. The maximum atomic E-state index is 12.7. The molecule has 1 atom stereocenters. The number of aromatic nitrogens is 1. The fourth-order valence-corrected chi connectivity index (χ4v) is 3.59. The molecule has 2 aromatic rings. The summed E-state index contributed by atoms with van der Waals surface area (Å²) in [4.78, 5) is 19.7. The Labute approximate surface area is 137 Å². The highest BCUT2D eigenvalue weighted by Crippen LogP contribution is 2.24. The highest BCUT2D eigenvalue weighted by Gasteiger charge is 2.21. The van der Waals surface area contributed by atoms with Crippen molar-refractivity contribution >= 4 is 16.8 Å². The summed E-state index contributed by atoms with van der Waals surface area (Å²) >= 11 is 0. The SMILES string of the molecule is Cc1cc(C)c2c(C(=O)NC[C@@H]3CCN(C)C3)cc(C)nc2c1. The maximum absolute atomic E-state index is 12.7. The number of carbonyl (C=O) groups is 1.